The first-order chi connectivity index (χ1) is 14.1. The molecule has 1 unspecified atom stereocenters. The van der Waals surface area contributed by atoms with Crippen molar-refractivity contribution in [2.24, 2.45) is 5.92 Å². The Morgan fingerprint density at radius 2 is 1.86 bits per heavy atom. The summed E-state index contributed by atoms with van der Waals surface area (Å²) in [7, 11) is 0. The van der Waals surface area contributed by atoms with Crippen LogP contribution in [0.1, 0.15) is 24.1 Å². The molecule has 2 aliphatic heterocycles. The number of nitrogens with one attached hydrogen (secondary N) is 2. The molecule has 0 bridgehead atoms. The number of aromatic nitrogens is 1. The zero-order valence-corrected chi connectivity index (χ0v) is 16.2. The van der Waals surface area contributed by atoms with Crippen LogP contribution in [0, 0.1) is 11.7 Å². The van der Waals surface area contributed by atoms with E-state index in [0.717, 1.165) is 37.2 Å². The van der Waals surface area contributed by atoms with E-state index in [9.17, 15) is 14.0 Å². The van der Waals surface area contributed by atoms with Crippen molar-refractivity contribution >= 4 is 11.9 Å². The summed E-state index contributed by atoms with van der Waals surface area (Å²) in [5, 5.41) is 6.35. The summed E-state index contributed by atoms with van der Waals surface area (Å²) >= 11 is 0. The second-order valence-corrected chi connectivity index (χ2v) is 7.76. The van der Waals surface area contributed by atoms with E-state index in [2.05, 4.69) is 15.6 Å². The van der Waals surface area contributed by atoms with Crippen molar-refractivity contribution in [2.75, 3.05) is 19.6 Å². The van der Waals surface area contributed by atoms with Crippen molar-refractivity contribution in [1.82, 2.24) is 20.5 Å². The van der Waals surface area contributed by atoms with E-state index < -0.39 is 5.54 Å². The van der Waals surface area contributed by atoms with E-state index >= 15 is 0 Å². The average Bonchev–Trinajstić information content (AvgIpc) is 2.99. The van der Waals surface area contributed by atoms with Crippen LogP contribution in [0.5, 0.6) is 0 Å². The average molecular weight is 396 g/mol. The van der Waals surface area contributed by atoms with Crippen molar-refractivity contribution in [3.63, 3.8) is 0 Å². The highest BCUT2D eigenvalue weighted by Crippen LogP contribution is 2.35. The molecule has 2 fully saturated rings. The lowest BCUT2D eigenvalue weighted by molar-refractivity contribution is -0.133. The Morgan fingerprint density at radius 1 is 1.10 bits per heavy atom. The maximum Gasteiger partial charge on any atom is 0.325 e. The minimum absolute atomic E-state index is 0.0325. The smallest absolute Gasteiger partial charge is 0.322 e. The quantitative estimate of drug-likeness (QED) is 0.735. The van der Waals surface area contributed by atoms with Crippen LogP contribution in [0.15, 0.2) is 48.7 Å². The van der Waals surface area contributed by atoms with E-state index in [1.165, 1.54) is 17.0 Å². The number of hydrogen-bond acceptors (Lipinski definition) is 4. The van der Waals surface area contributed by atoms with Gasteiger partial charge in [0.05, 0.1) is 0 Å². The summed E-state index contributed by atoms with van der Waals surface area (Å²) in [6.45, 7) is 1.91. The fourth-order valence-corrected chi connectivity index (χ4v) is 4.40. The van der Waals surface area contributed by atoms with Crippen molar-refractivity contribution in [1.29, 1.82) is 0 Å². The van der Waals surface area contributed by atoms with Crippen LogP contribution < -0.4 is 10.6 Å². The fraction of sp³-hybridized carbons (Fsp3) is 0.409. The summed E-state index contributed by atoms with van der Waals surface area (Å²) in [4.78, 5) is 32.0. The molecule has 1 aromatic carbocycles. The molecule has 0 saturated carbocycles. The number of hydrogen-bond donors (Lipinski definition) is 2. The van der Waals surface area contributed by atoms with Crippen LogP contribution in [-0.4, -0.2) is 47.0 Å². The highest BCUT2D eigenvalue weighted by Gasteiger charge is 2.55. The van der Waals surface area contributed by atoms with Gasteiger partial charge in [-0.05, 0) is 61.7 Å². The van der Waals surface area contributed by atoms with Gasteiger partial charge in [-0.1, -0.05) is 18.2 Å². The van der Waals surface area contributed by atoms with E-state index in [1.54, 1.807) is 18.3 Å². The maximum absolute atomic E-state index is 13.6. The molecule has 152 valence electrons. The molecule has 1 atom stereocenters. The van der Waals surface area contributed by atoms with Crippen LogP contribution in [-0.2, 0) is 17.6 Å². The van der Waals surface area contributed by atoms with Gasteiger partial charge < -0.3 is 10.6 Å². The van der Waals surface area contributed by atoms with Gasteiger partial charge in [-0.25, -0.2) is 9.18 Å². The third-order valence-electron chi connectivity index (χ3n) is 5.95. The number of amides is 3. The van der Waals surface area contributed by atoms with Crippen LogP contribution in [0.3, 0.4) is 0 Å². The summed E-state index contributed by atoms with van der Waals surface area (Å²) in [6, 6.07) is 11.4. The molecule has 0 spiro atoms. The molecule has 29 heavy (non-hydrogen) atoms. The predicted octanol–water partition coefficient (Wildman–Crippen LogP) is 2.30. The van der Waals surface area contributed by atoms with Crippen LogP contribution in [0.25, 0.3) is 0 Å². The molecular weight excluding hydrogens is 371 g/mol. The predicted molar refractivity (Wildman–Crippen MR) is 107 cm³/mol. The lowest BCUT2D eigenvalue weighted by atomic mass is 9.74. The molecule has 7 heteroatoms. The number of imide groups is 1. The summed E-state index contributed by atoms with van der Waals surface area (Å²) < 4.78 is 13.4. The Labute approximate surface area is 169 Å². The van der Waals surface area contributed by atoms with E-state index in [0.29, 0.717) is 12.8 Å². The molecule has 4 rings (SSSR count). The summed E-state index contributed by atoms with van der Waals surface area (Å²) in [6.07, 6.45) is 4.19. The van der Waals surface area contributed by atoms with Crippen molar-refractivity contribution in [3.8, 4) is 0 Å². The normalized spacial score (nSPS) is 22.7. The minimum atomic E-state index is -0.985. The topological polar surface area (TPSA) is 74.3 Å². The van der Waals surface area contributed by atoms with Crippen molar-refractivity contribution in [3.05, 3.63) is 65.7 Å². The zero-order chi connectivity index (χ0) is 20.3. The molecule has 0 aliphatic carbocycles. The fourth-order valence-electron chi connectivity index (χ4n) is 4.40. The second-order valence-electron chi connectivity index (χ2n) is 7.76. The van der Waals surface area contributed by atoms with Gasteiger partial charge in [-0.2, -0.15) is 0 Å². The van der Waals surface area contributed by atoms with Gasteiger partial charge in [0.15, 0.2) is 0 Å². The molecule has 1 aromatic heterocycles. The molecule has 0 radical (unpaired) electrons. The Morgan fingerprint density at radius 3 is 2.55 bits per heavy atom. The molecule has 2 N–H and O–H groups in total. The van der Waals surface area contributed by atoms with Gasteiger partial charge in [-0.15, -0.1) is 0 Å². The third-order valence-corrected chi connectivity index (χ3v) is 5.95. The number of pyridine rings is 1. The first kappa shape index (κ1) is 19.5. The number of piperidine rings is 1. The Balaban J connectivity index is 1.58. The molecule has 2 aliphatic rings. The molecule has 3 heterocycles. The van der Waals surface area contributed by atoms with Gasteiger partial charge in [0.1, 0.15) is 11.4 Å². The van der Waals surface area contributed by atoms with Crippen LogP contribution >= 0.6 is 0 Å². The SMILES string of the molecule is O=C1NC(Cc2ccc(F)cc2)(C2CCNCC2)C(=O)N1CCc1ccccn1. The standard InChI is InChI=1S/C22H25FN4O2/c23-18-6-4-16(5-7-18)15-22(17-8-12-24-13-9-17)20(28)27(21(29)26-22)14-10-19-3-1-2-11-25-19/h1-7,11,17,24H,8-10,12-15H2,(H,26,29). The third kappa shape index (κ3) is 4.00. The van der Waals surface area contributed by atoms with Crippen molar-refractivity contribution < 1.29 is 14.0 Å². The maximum atomic E-state index is 13.6. The lowest BCUT2D eigenvalue weighted by Crippen LogP contribution is -2.57. The first-order valence-electron chi connectivity index (χ1n) is 10.1. The highest BCUT2D eigenvalue weighted by molar-refractivity contribution is 6.07. The number of benzene rings is 1. The Hall–Kier alpha value is -2.80. The molecule has 2 saturated heterocycles. The number of carbonyl (C=O) groups excluding carboxylic acids is 2. The minimum Gasteiger partial charge on any atom is -0.322 e. The first-order valence-corrected chi connectivity index (χ1v) is 10.1. The van der Waals surface area contributed by atoms with E-state index in [4.69, 9.17) is 0 Å². The highest BCUT2D eigenvalue weighted by atomic mass is 19.1. The monoisotopic (exact) mass is 396 g/mol. The van der Waals surface area contributed by atoms with Gasteiger partial charge in [-0.3, -0.25) is 14.7 Å². The Kier molecular flexibility index (Phi) is 5.58. The van der Waals surface area contributed by atoms with E-state index in [1.807, 2.05) is 18.2 Å². The van der Waals surface area contributed by atoms with Gasteiger partial charge in [0, 0.05) is 31.3 Å². The van der Waals surface area contributed by atoms with Gasteiger partial charge >= 0.3 is 6.03 Å². The summed E-state index contributed by atoms with van der Waals surface area (Å²) in [5.74, 6) is -0.469. The lowest BCUT2D eigenvalue weighted by Gasteiger charge is -2.38. The molecule has 6 nitrogen and oxygen atoms in total. The van der Waals surface area contributed by atoms with Crippen molar-refractivity contribution in [2.45, 2.75) is 31.2 Å². The number of urea groups is 1. The second kappa shape index (κ2) is 8.29. The van der Waals surface area contributed by atoms with E-state index in [-0.39, 0.29) is 30.2 Å². The number of nitrogens with zero attached hydrogens (tertiary/aromatic N) is 2. The number of rotatable bonds is 6. The van der Waals surface area contributed by atoms with Crippen LogP contribution in [0.2, 0.25) is 0 Å². The molecule has 3 amide bonds. The van der Waals surface area contributed by atoms with Gasteiger partial charge in [0.25, 0.3) is 5.91 Å². The molecular formula is C22H25FN4O2. The largest absolute Gasteiger partial charge is 0.325 e. The number of halogens is 1. The Bertz CT molecular complexity index is 868. The molecule has 2 aromatic rings. The zero-order valence-electron chi connectivity index (χ0n) is 16.2. The number of carbonyl (C=O) groups is 2. The summed E-state index contributed by atoms with van der Waals surface area (Å²) in [5.41, 5.74) is 0.692. The van der Waals surface area contributed by atoms with Crippen LogP contribution in [0.4, 0.5) is 9.18 Å². The van der Waals surface area contributed by atoms with Gasteiger partial charge in [0.2, 0.25) is 0 Å².